The number of carbonyl (C=O) groups excluding carboxylic acids is 1. The minimum Gasteiger partial charge on any atom is -0.391 e. The first-order valence-electron chi connectivity index (χ1n) is 7.19. The van der Waals surface area contributed by atoms with Crippen LogP contribution in [0.3, 0.4) is 0 Å². The topological polar surface area (TPSA) is 52.6 Å². The molecule has 4 nitrogen and oxygen atoms in total. The number of halogens is 1. The molecule has 0 saturated carbocycles. The second kappa shape index (κ2) is 8.24. The average Bonchev–Trinajstić information content (AvgIpc) is 2.48. The lowest BCUT2D eigenvalue weighted by atomic mass is 10.1. The highest BCUT2D eigenvalue weighted by Crippen LogP contribution is 2.15. The van der Waals surface area contributed by atoms with Gasteiger partial charge in [-0.05, 0) is 24.5 Å². The Morgan fingerprint density at radius 3 is 3.05 bits per heavy atom. The summed E-state index contributed by atoms with van der Waals surface area (Å²) in [5, 5.41) is 12.4. The number of aliphatic hydroxyl groups excluding tert-OH is 1. The van der Waals surface area contributed by atoms with Crippen molar-refractivity contribution in [1.82, 2.24) is 10.2 Å². The number of hydrogen-bond donors (Lipinski definition) is 2. The van der Waals surface area contributed by atoms with E-state index in [2.05, 4.69) is 5.32 Å². The summed E-state index contributed by atoms with van der Waals surface area (Å²) >= 11 is 1.59. The van der Waals surface area contributed by atoms with Crippen molar-refractivity contribution >= 4 is 17.8 Å². The molecule has 1 heterocycles. The summed E-state index contributed by atoms with van der Waals surface area (Å²) in [4.78, 5) is 13.5. The van der Waals surface area contributed by atoms with E-state index in [0.717, 1.165) is 18.6 Å². The Balaban J connectivity index is 1.61. The van der Waals surface area contributed by atoms with Gasteiger partial charge in [-0.2, -0.15) is 11.8 Å². The van der Waals surface area contributed by atoms with Crippen molar-refractivity contribution in [2.24, 2.45) is 0 Å². The predicted octanol–water partition coefficient (Wildman–Crippen LogP) is 2.23. The number of β-amino-alcohol motifs (C(OH)–C–C–N with tert-alkyl or cyclic N) is 1. The number of likely N-dealkylation sites (tertiary alicyclic amines) is 1. The molecule has 116 valence electrons. The van der Waals surface area contributed by atoms with Crippen LogP contribution in [-0.4, -0.2) is 47.5 Å². The van der Waals surface area contributed by atoms with E-state index < -0.39 is 6.10 Å². The number of carbonyl (C=O) groups is 1. The van der Waals surface area contributed by atoms with E-state index in [1.165, 1.54) is 6.07 Å². The third-order valence-electron chi connectivity index (χ3n) is 3.42. The van der Waals surface area contributed by atoms with Gasteiger partial charge in [0.2, 0.25) is 0 Å². The Morgan fingerprint density at radius 1 is 1.48 bits per heavy atom. The number of aliphatic hydroxyl groups is 1. The molecule has 0 radical (unpaired) electrons. The molecule has 0 aromatic heterocycles. The third-order valence-corrected chi connectivity index (χ3v) is 4.43. The number of hydrogen-bond acceptors (Lipinski definition) is 3. The van der Waals surface area contributed by atoms with Crippen LogP contribution in [0.15, 0.2) is 24.3 Å². The van der Waals surface area contributed by atoms with Crippen LogP contribution in [0, 0.1) is 5.82 Å². The maximum atomic E-state index is 13.4. The maximum Gasteiger partial charge on any atom is 0.317 e. The molecule has 0 aliphatic carbocycles. The molecule has 1 aromatic carbocycles. The molecular formula is C15H21FN2O2S. The third kappa shape index (κ3) is 5.21. The summed E-state index contributed by atoms with van der Waals surface area (Å²) < 4.78 is 13.4. The van der Waals surface area contributed by atoms with Crippen molar-refractivity contribution in [3.63, 3.8) is 0 Å². The lowest BCUT2D eigenvalue weighted by Crippen LogP contribution is -2.47. The second-order valence-corrected chi connectivity index (χ2v) is 6.22. The SMILES string of the molecule is O=C(NCCSCc1ccccc1F)N1CCCC(O)C1. The lowest BCUT2D eigenvalue weighted by Gasteiger charge is -2.30. The van der Waals surface area contributed by atoms with E-state index >= 15 is 0 Å². The van der Waals surface area contributed by atoms with Crippen molar-refractivity contribution in [3.8, 4) is 0 Å². The monoisotopic (exact) mass is 312 g/mol. The Bertz CT molecular complexity index is 473. The summed E-state index contributed by atoms with van der Waals surface area (Å²) in [6.45, 7) is 1.66. The number of thioether (sulfide) groups is 1. The number of nitrogens with one attached hydrogen (secondary N) is 1. The predicted molar refractivity (Wildman–Crippen MR) is 82.8 cm³/mol. The van der Waals surface area contributed by atoms with Crippen molar-refractivity contribution < 1.29 is 14.3 Å². The summed E-state index contributed by atoms with van der Waals surface area (Å²) in [6, 6.07) is 6.61. The van der Waals surface area contributed by atoms with Crippen molar-refractivity contribution in [2.75, 3.05) is 25.4 Å². The van der Waals surface area contributed by atoms with Crippen LogP contribution in [0.5, 0.6) is 0 Å². The highest BCUT2D eigenvalue weighted by molar-refractivity contribution is 7.98. The Labute approximate surface area is 128 Å². The van der Waals surface area contributed by atoms with E-state index in [0.29, 0.717) is 31.0 Å². The van der Waals surface area contributed by atoms with Gasteiger partial charge in [0.1, 0.15) is 5.82 Å². The van der Waals surface area contributed by atoms with Crippen LogP contribution in [0.2, 0.25) is 0 Å². The first-order chi connectivity index (χ1) is 10.2. The smallest absolute Gasteiger partial charge is 0.317 e. The van der Waals surface area contributed by atoms with Crippen molar-refractivity contribution in [2.45, 2.75) is 24.7 Å². The molecule has 2 rings (SSSR count). The summed E-state index contributed by atoms with van der Waals surface area (Å²) in [5.74, 6) is 1.15. The highest BCUT2D eigenvalue weighted by atomic mass is 32.2. The molecule has 1 atom stereocenters. The molecule has 0 bridgehead atoms. The summed E-state index contributed by atoms with van der Waals surface area (Å²) in [6.07, 6.45) is 1.21. The standard InChI is InChI=1S/C15H21FN2O2S/c16-14-6-2-1-4-12(14)11-21-9-7-17-15(20)18-8-3-5-13(19)10-18/h1-2,4,6,13,19H,3,5,7-11H2,(H,17,20). The molecule has 6 heteroatoms. The molecule has 1 saturated heterocycles. The first kappa shape index (κ1) is 16.1. The number of nitrogens with zero attached hydrogens (tertiary/aromatic N) is 1. The van der Waals surface area contributed by atoms with Crippen molar-refractivity contribution in [3.05, 3.63) is 35.6 Å². The summed E-state index contributed by atoms with van der Waals surface area (Å²) in [5.41, 5.74) is 0.688. The molecule has 1 aliphatic rings. The molecule has 2 amide bonds. The van der Waals surface area contributed by atoms with Gasteiger partial charge in [-0.3, -0.25) is 0 Å². The fraction of sp³-hybridized carbons (Fsp3) is 0.533. The van der Waals surface area contributed by atoms with E-state index in [9.17, 15) is 14.3 Å². The molecule has 1 aromatic rings. The van der Waals surface area contributed by atoms with Gasteiger partial charge >= 0.3 is 6.03 Å². The van der Waals surface area contributed by atoms with Crippen LogP contribution in [0.25, 0.3) is 0 Å². The number of amides is 2. The van der Waals surface area contributed by atoms with Crippen LogP contribution in [-0.2, 0) is 5.75 Å². The van der Waals surface area contributed by atoms with Gasteiger partial charge in [0.25, 0.3) is 0 Å². The Hall–Kier alpha value is -1.27. The zero-order chi connectivity index (χ0) is 15.1. The minimum absolute atomic E-state index is 0.125. The Morgan fingerprint density at radius 2 is 2.29 bits per heavy atom. The van der Waals surface area contributed by atoms with E-state index in [1.807, 2.05) is 6.07 Å². The molecule has 1 unspecified atom stereocenters. The minimum atomic E-state index is -0.403. The van der Waals surface area contributed by atoms with E-state index in [1.54, 1.807) is 28.8 Å². The molecule has 1 fully saturated rings. The van der Waals surface area contributed by atoms with E-state index in [-0.39, 0.29) is 11.8 Å². The highest BCUT2D eigenvalue weighted by Gasteiger charge is 2.21. The quantitative estimate of drug-likeness (QED) is 0.820. The van der Waals surface area contributed by atoms with Crippen LogP contribution in [0.4, 0.5) is 9.18 Å². The summed E-state index contributed by atoms with van der Waals surface area (Å²) in [7, 11) is 0. The zero-order valence-electron chi connectivity index (χ0n) is 11.9. The van der Waals surface area contributed by atoms with E-state index in [4.69, 9.17) is 0 Å². The van der Waals surface area contributed by atoms with Gasteiger partial charge in [-0.15, -0.1) is 0 Å². The van der Waals surface area contributed by atoms with Crippen LogP contribution in [0.1, 0.15) is 18.4 Å². The number of rotatable bonds is 5. The van der Waals surface area contributed by atoms with Gasteiger partial charge < -0.3 is 15.3 Å². The fourth-order valence-electron chi connectivity index (χ4n) is 2.28. The average molecular weight is 312 g/mol. The molecular weight excluding hydrogens is 291 g/mol. The number of piperidine rings is 1. The Kier molecular flexibility index (Phi) is 6.32. The second-order valence-electron chi connectivity index (χ2n) is 5.12. The molecule has 0 spiro atoms. The normalized spacial score (nSPS) is 18.6. The van der Waals surface area contributed by atoms with Gasteiger partial charge in [-0.1, -0.05) is 18.2 Å². The zero-order valence-corrected chi connectivity index (χ0v) is 12.7. The van der Waals surface area contributed by atoms with Crippen LogP contribution >= 0.6 is 11.8 Å². The largest absolute Gasteiger partial charge is 0.391 e. The maximum absolute atomic E-state index is 13.4. The molecule has 1 aliphatic heterocycles. The van der Waals surface area contributed by atoms with Crippen molar-refractivity contribution in [1.29, 1.82) is 0 Å². The lowest BCUT2D eigenvalue weighted by molar-refractivity contribution is 0.0845. The first-order valence-corrected chi connectivity index (χ1v) is 8.34. The number of benzene rings is 1. The van der Waals surface area contributed by atoms with Gasteiger partial charge in [0, 0.05) is 31.1 Å². The van der Waals surface area contributed by atoms with Gasteiger partial charge in [0.05, 0.1) is 6.10 Å². The molecule has 2 N–H and O–H groups in total. The van der Waals surface area contributed by atoms with Gasteiger partial charge in [-0.25, -0.2) is 9.18 Å². The number of urea groups is 1. The van der Waals surface area contributed by atoms with Gasteiger partial charge in [0.15, 0.2) is 0 Å². The fourth-order valence-corrected chi connectivity index (χ4v) is 3.12. The molecule has 21 heavy (non-hydrogen) atoms. The van der Waals surface area contributed by atoms with Crippen LogP contribution < -0.4 is 5.32 Å².